The molecule has 3 saturated carbocycles. The fourth-order valence-corrected chi connectivity index (χ4v) is 6.38. The molecule has 1 heteroatoms. The second-order valence-corrected chi connectivity index (χ2v) is 8.08. The lowest BCUT2D eigenvalue weighted by atomic mass is 9.46. The van der Waals surface area contributed by atoms with Gasteiger partial charge in [-0.05, 0) is 56.3 Å². The summed E-state index contributed by atoms with van der Waals surface area (Å²) in [6.07, 6.45) is 16.0. The molecule has 0 aromatic rings. The van der Waals surface area contributed by atoms with Crippen LogP contribution in [0.25, 0.3) is 0 Å². The van der Waals surface area contributed by atoms with Gasteiger partial charge in [0, 0.05) is 5.41 Å². The normalized spacial score (nSPS) is 41.9. The summed E-state index contributed by atoms with van der Waals surface area (Å²) in [4.78, 5) is 0. The first-order valence-corrected chi connectivity index (χ1v) is 9.37. The fraction of sp³-hybridized carbons (Fsp3) is 1.00. The number of hydrogen-bond acceptors (Lipinski definition) is 1. The van der Waals surface area contributed by atoms with E-state index in [4.69, 9.17) is 0 Å². The van der Waals surface area contributed by atoms with Gasteiger partial charge in [0.2, 0.25) is 0 Å². The highest BCUT2D eigenvalue weighted by Gasteiger charge is 2.57. The van der Waals surface area contributed by atoms with Crippen molar-refractivity contribution in [3.8, 4) is 0 Å². The molecule has 0 bridgehead atoms. The van der Waals surface area contributed by atoms with E-state index in [0.717, 1.165) is 30.6 Å². The molecule has 20 heavy (non-hydrogen) atoms. The number of fused-ring (bicyclic) bond motifs is 2. The average Bonchev–Trinajstić information content (AvgIpc) is 2.51. The highest BCUT2D eigenvalue weighted by atomic mass is 16.3. The van der Waals surface area contributed by atoms with Gasteiger partial charge in [-0.15, -0.1) is 0 Å². The molecule has 1 nitrogen and oxygen atoms in total. The predicted molar refractivity (Wildman–Crippen MR) is 84.6 cm³/mol. The average molecular weight is 278 g/mol. The molecule has 0 radical (unpaired) electrons. The minimum Gasteiger partial charge on any atom is -0.389 e. The van der Waals surface area contributed by atoms with Crippen LogP contribution in [0, 0.1) is 23.2 Å². The van der Waals surface area contributed by atoms with Crippen molar-refractivity contribution in [2.24, 2.45) is 23.2 Å². The summed E-state index contributed by atoms with van der Waals surface area (Å²) in [5.74, 6) is 2.75. The standard InChI is InChI=1S/C19H34O/c1-3-19(20,4-2)18-12-8-7-11-17(18)13-15-9-5-6-10-16(15)14-18/h15-17,20H,3-14H2,1-2H3. The molecule has 1 N–H and O–H groups in total. The molecule has 0 aliphatic heterocycles. The first-order valence-electron chi connectivity index (χ1n) is 9.37. The van der Waals surface area contributed by atoms with Gasteiger partial charge in [0.15, 0.2) is 0 Å². The van der Waals surface area contributed by atoms with Crippen LogP contribution in [0.3, 0.4) is 0 Å². The number of rotatable bonds is 3. The second-order valence-electron chi connectivity index (χ2n) is 8.08. The van der Waals surface area contributed by atoms with Crippen molar-refractivity contribution in [2.45, 2.75) is 96.5 Å². The van der Waals surface area contributed by atoms with Gasteiger partial charge in [0.05, 0.1) is 5.60 Å². The molecule has 116 valence electrons. The lowest BCUT2D eigenvalue weighted by Gasteiger charge is -2.60. The highest BCUT2D eigenvalue weighted by molar-refractivity contribution is 5.07. The monoisotopic (exact) mass is 278 g/mol. The Morgan fingerprint density at radius 3 is 2.30 bits per heavy atom. The van der Waals surface area contributed by atoms with Crippen molar-refractivity contribution in [2.75, 3.05) is 0 Å². The van der Waals surface area contributed by atoms with E-state index in [-0.39, 0.29) is 11.0 Å². The Bertz CT molecular complexity index is 333. The Morgan fingerprint density at radius 2 is 1.60 bits per heavy atom. The molecule has 4 unspecified atom stereocenters. The summed E-state index contributed by atoms with van der Waals surface area (Å²) in [5, 5.41) is 11.4. The third kappa shape index (κ3) is 2.16. The molecule has 0 spiro atoms. The minimum atomic E-state index is -0.388. The van der Waals surface area contributed by atoms with Crippen LogP contribution in [0.15, 0.2) is 0 Å². The van der Waals surface area contributed by atoms with Gasteiger partial charge in [-0.1, -0.05) is 52.4 Å². The lowest BCUT2D eigenvalue weighted by Crippen LogP contribution is -2.57. The van der Waals surface area contributed by atoms with E-state index in [2.05, 4.69) is 13.8 Å². The van der Waals surface area contributed by atoms with Crippen LogP contribution in [-0.2, 0) is 0 Å². The zero-order valence-corrected chi connectivity index (χ0v) is 13.7. The van der Waals surface area contributed by atoms with Crippen molar-refractivity contribution in [3.63, 3.8) is 0 Å². The van der Waals surface area contributed by atoms with Crippen molar-refractivity contribution in [1.82, 2.24) is 0 Å². The summed E-state index contributed by atoms with van der Waals surface area (Å²) in [6, 6.07) is 0. The maximum absolute atomic E-state index is 11.4. The van der Waals surface area contributed by atoms with Crippen molar-refractivity contribution in [3.05, 3.63) is 0 Å². The van der Waals surface area contributed by atoms with Gasteiger partial charge in [-0.2, -0.15) is 0 Å². The van der Waals surface area contributed by atoms with Gasteiger partial charge in [0.25, 0.3) is 0 Å². The second kappa shape index (κ2) is 5.63. The Balaban J connectivity index is 1.91. The largest absolute Gasteiger partial charge is 0.389 e. The molecule has 0 aromatic carbocycles. The molecule has 3 fully saturated rings. The third-order valence-electron chi connectivity index (χ3n) is 7.58. The van der Waals surface area contributed by atoms with Gasteiger partial charge in [0.1, 0.15) is 0 Å². The van der Waals surface area contributed by atoms with E-state index < -0.39 is 0 Å². The first-order chi connectivity index (χ1) is 9.65. The smallest absolute Gasteiger partial charge is 0.0701 e. The molecule has 3 aliphatic carbocycles. The van der Waals surface area contributed by atoms with Crippen LogP contribution in [-0.4, -0.2) is 10.7 Å². The fourth-order valence-electron chi connectivity index (χ4n) is 6.38. The van der Waals surface area contributed by atoms with Crippen LogP contribution in [0.2, 0.25) is 0 Å². The van der Waals surface area contributed by atoms with Crippen molar-refractivity contribution >= 4 is 0 Å². The van der Waals surface area contributed by atoms with Crippen LogP contribution >= 0.6 is 0 Å². The van der Waals surface area contributed by atoms with Crippen molar-refractivity contribution in [1.29, 1.82) is 0 Å². The van der Waals surface area contributed by atoms with E-state index in [1.807, 2.05) is 0 Å². The Hall–Kier alpha value is -0.0400. The van der Waals surface area contributed by atoms with Gasteiger partial charge in [-0.25, -0.2) is 0 Å². The van der Waals surface area contributed by atoms with E-state index in [9.17, 15) is 5.11 Å². The van der Waals surface area contributed by atoms with E-state index in [1.54, 1.807) is 0 Å². The summed E-state index contributed by atoms with van der Waals surface area (Å²) >= 11 is 0. The number of hydrogen-bond donors (Lipinski definition) is 1. The number of aliphatic hydroxyl groups is 1. The summed E-state index contributed by atoms with van der Waals surface area (Å²) in [5.41, 5.74) is -0.117. The zero-order chi connectivity index (χ0) is 14.2. The first kappa shape index (κ1) is 14.9. The van der Waals surface area contributed by atoms with E-state index >= 15 is 0 Å². The Morgan fingerprint density at radius 1 is 0.950 bits per heavy atom. The van der Waals surface area contributed by atoms with Gasteiger partial charge in [-0.3, -0.25) is 0 Å². The van der Waals surface area contributed by atoms with Gasteiger partial charge < -0.3 is 5.11 Å². The van der Waals surface area contributed by atoms with Crippen LogP contribution in [0.1, 0.15) is 90.9 Å². The zero-order valence-electron chi connectivity index (χ0n) is 13.7. The molecule has 0 amide bonds. The lowest BCUT2D eigenvalue weighted by molar-refractivity contribution is -0.177. The molecular formula is C19H34O. The maximum Gasteiger partial charge on any atom is 0.0701 e. The molecule has 4 atom stereocenters. The molecule has 3 rings (SSSR count). The summed E-state index contributed by atoms with van der Waals surface area (Å²) < 4.78 is 0. The summed E-state index contributed by atoms with van der Waals surface area (Å²) in [6.45, 7) is 4.44. The maximum atomic E-state index is 11.4. The minimum absolute atomic E-state index is 0.271. The molecule has 0 aromatic heterocycles. The molecule has 0 heterocycles. The van der Waals surface area contributed by atoms with E-state index in [0.29, 0.717) is 0 Å². The van der Waals surface area contributed by atoms with E-state index in [1.165, 1.54) is 64.2 Å². The van der Waals surface area contributed by atoms with Gasteiger partial charge >= 0.3 is 0 Å². The van der Waals surface area contributed by atoms with Crippen LogP contribution in [0.4, 0.5) is 0 Å². The third-order valence-corrected chi connectivity index (χ3v) is 7.58. The predicted octanol–water partition coefficient (Wildman–Crippen LogP) is 5.31. The van der Waals surface area contributed by atoms with Crippen molar-refractivity contribution < 1.29 is 5.11 Å². The highest BCUT2D eigenvalue weighted by Crippen LogP contribution is 2.62. The topological polar surface area (TPSA) is 20.2 Å². The quantitative estimate of drug-likeness (QED) is 0.741. The molecule has 0 saturated heterocycles. The van der Waals surface area contributed by atoms with Crippen LogP contribution in [0.5, 0.6) is 0 Å². The Labute approximate surface area is 125 Å². The Kier molecular flexibility index (Phi) is 4.19. The molecular weight excluding hydrogens is 244 g/mol. The molecule has 3 aliphatic rings. The summed E-state index contributed by atoms with van der Waals surface area (Å²) in [7, 11) is 0. The van der Waals surface area contributed by atoms with Crippen LogP contribution < -0.4 is 0 Å². The SMILES string of the molecule is CCC(O)(CC)C12CCCCC1CC1CCCCC1C2.